The van der Waals surface area contributed by atoms with E-state index in [9.17, 15) is 14.4 Å². The van der Waals surface area contributed by atoms with E-state index in [0.29, 0.717) is 34.4 Å². The molecule has 3 aromatic carbocycles. The van der Waals surface area contributed by atoms with Gasteiger partial charge in [0.1, 0.15) is 23.7 Å². The van der Waals surface area contributed by atoms with Crippen LogP contribution in [0, 0.1) is 0 Å². The maximum Gasteiger partial charge on any atom is 0.335 e. The molecule has 0 radical (unpaired) electrons. The van der Waals surface area contributed by atoms with Gasteiger partial charge in [0.15, 0.2) is 0 Å². The summed E-state index contributed by atoms with van der Waals surface area (Å²) >= 11 is 5.94. The van der Waals surface area contributed by atoms with Gasteiger partial charge in [0.2, 0.25) is 0 Å². The largest absolute Gasteiger partial charge is 0.494 e. The Morgan fingerprint density at radius 3 is 2.36 bits per heavy atom. The first-order valence-corrected chi connectivity index (χ1v) is 11.9. The Bertz CT molecular complexity index is 1290. The number of carbonyl (C=O) groups is 3. The molecule has 7 nitrogen and oxygen atoms in total. The molecule has 0 bridgehead atoms. The van der Waals surface area contributed by atoms with Gasteiger partial charge in [0.05, 0.1) is 12.3 Å². The fourth-order valence-corrected chi connectivity index (χ4v) is 3.67. The minimum absolute atomic E-state index is 0.180. The first-order chi connectivity index (χ1) is 17.5. The fourth-order valence-electron chi connectivity index (χ4n) is 3.55. The highest BCUT2D eigenvalue weighted by Gasteiger charge is 2.37. The van der Waals surface area contributed by atoms with Crippen molar-refractivity contribution in [3.63, 3.8) is 0 Å². The van der Waals surface area contributed by atoms with Gasteiger partial charge in [0.25, 0.3) is 11.8 Å². The molecule has 1 aliphatic heterocycles. The number of unbranched alkanes of at least 4 members (excludes halogenated alkanes) is 1. The average molecular weight is 505 g/mol. The number of hydrogen-bond acceptors (Lipinski definition) is 5. The lowest BCUT2D eigenvalue weighted by Crippen LogP contribution is -2.54. The summed E-state index contributed by atoms with van der Waals surface area (Å²) in [7, 11) is 0. The summed E-state index contributed by atoms with van der Waals surface area (Å²) in [6.07, 6.45) is 3.37. The highest BCUT2D eigenvalue weighted by Crippen LogP contribution is 2.27. The van der Waals surface area contributed by atoms with Crippen LogP contribution in [0.25, 0.3) is 6.08 Å². The number of para-hydroxylation sites is 1. The molecule has 8 heteroatoms. The van der Waals surface area contributed by atoms with Crippen molar-refractivity contribution in [1.82, 2.24) is 5.32 Å². The lowest BCUT2D eigenvalue weighted by Gasteiger charge is -2.26. The van der Waals surface area contributed by atoms with Gasteiger partial charge in [-0.3, -0.25) is 14.9 Å². The number of nitrogens with one attached hydrogen (secondary N) is 1. The topological polar surface area (TPSA) is 84.9 Å². The number of halogens is 1. The summed E-state index contributed by atoms with van der Waals surface area (Å²) in [5, 5.41) is 2.87. The second kappa shape index (κ2) is 11.6. The first kappa shape index (κ1) is 25.0. The van der Waals surface area contributed by atoms with E-state index >= 15 is 0 Å². The Morgan fingerprint density at radius 1 is 0.917 bits per heavy atom. The van der Waals surface area contributed by atoms with Gasteiger partial charge in [0, 0.05) is 10.6 Å². The van der Waals surface area contributed by atoms with Crippen LogP contribution < -0.4 is 19.7 Å². The average Bonchev–Trinajstić information content (AvgIpc) is 2.88. The summed E-state index contributed by atoms with van der Waals surface area (Å²) in [4.78, 5) is 39.3. The summed E-state index contributed by atoms with van der Waals surface area (Å²) in [5.41, 5.74) is 1.58. The highest BCUT2D eigenvalue weighted by atomic mass is 35.5. The SMILES string of the molecule is CCCCOc1ccc(N2C(=O)NC(=O)/C(=C/c3ccccc3OCc3ccc(Cl)cc3)C2=O)cc1. The van der Waals surface area contributed by atoms with Crippen molar-refractivity contribution in [2.24, 2.45) is 0 Å². The van der Waals surface area contributed by atoms with Crippen LogP contribution in [-0.2, 0) is 16.2 Å². The van der Waals surface area contributed by atoms with Gasteiger partial charge in [-0.15, -0.1) is 0 Å². The molecule has 4 amide bonds. The van der Waals surface area contributed by atoms with Crippen LogP contribution in [0.15, 0.2) is 78.4 Å². The standard InChI is InChI=1S/C28H25ClN2O5/c1-2-3-16-35-23-14-12-22(13-15-23)31-27(33)24(26(32)30-28(31)34)17-20-6-4-5-7-25(20)36-18-19-8-10-21(29)11-9-19/h4-15,17H,2-3,16,18H2,1H3,(H,30,32,34)/b24-17-. The maximum atomic E-state index is 13.3. The number of ether oxygens (including phenoxy) is 2. The monoisotopic (exact) mass is 504 g/mol. The van der Waals surface area contributed by atoms with E-state index in [2.05, 4.69) is 12.2 Å². The minimum atomic E-state index is -0.811. The zero-order valence-electron chi connectivity index (χ0n) is 19.7. The number of hydrogen-bond donors (Lipinski definition) is 1. The molecule has 4 rings (SSSR count). The van der Waals surface area contributed by atoms with Crippen molar-refractivity contribution in [2.75, 3.05) is 11.5 Å². The number of barbiturate groups is 1. The molecule has 1 fully saturated rings. The summed E-state index contributed by atoms with van der Waals surface area (Å²) < 4.78 is 11.6. The lowest BCUT2D eigenvalue weighted by atomic mass is 10.1. The zero-order valence-corrected chi connectivity index (χ0v) is 20.5. The normalized spacial score (nSPS) is 14.7. The fraction of sp³-hybridized carbons (Fsp3) is 0.179. The molecular formula is C28H25ClN2O5. The number of amides is 4. The van der Waals surface area contributed by atoms with Gasteiger partial charge in [-0.25, -0.2) is 9.69 Å². The lowest BCUT2D eigenvalue weighted by molar-refractivity contribution is -0.122. The van der Waals surface area contributed by atoms with Crippen molar-refractivity contribution in [3.05, 3.63) is 94.5 Å². The Labute approximate surface area is 214 Å². The quantitative estimate of drug-likeness (QED) is 0.227. The molecule has 184 valence electrons. The summed E-state index contributed by atoms with van der Waals surface area (Å²) in [5.74, 6) is -0.377. The third kappa shape index (κ3) is 5.93. The van der Waals surface area contributed by atoms with Crippen LogP contribution in [0.3, 0.4) is 0 Å². The number of anilines is 1. The van der Waals surface area contributed by atoms with Crippen LogP contribution in [0.4, 0.5) is 10.5 Å². The van der Waals surface area contributed by atoms with Crippen LogP contribution >= 0.6 is 11.6 Å². The molecule has 0 aromatic heterocycles. The second-order valence-electron chi connectivity index (χ2n) is 8.11. The third-order valence-electron chi connectivity index (χ3n) is 5.49. The Hall–Kier alpha value is -4.10. The predicted octanol–water partition coefficient (Wildman–Crippen LogP) is 5.76. The molecule has 1 N–H and O–H groups in total. The number of nitrogens with zero attached hydrogens (tertiary/aromatic N) is 1. The van der Waals surface area contributed by atoms with Gasteiger partial charge in [-0.2, -0.15) is 0 Å². The molecule has 1 heterocycles. The zero-order chi connectivity index (χ0) is 25.5. The third-order valence-corrected chi connectivity index (χ3v) is 5.74. The highest BCUT2D eigenvalue weighted by molar-refractivity contribution is 6.39. The van der Waals surface area contributed by atoms with E-state index in [4.69, 9.17) is 21.1 Å². The van der Waals surface area contributed by atoms with Crippen LogP contribution in [-0.4, -0.2) is 24.5 Å². The number of rotatable bonds is 9. The van der Waals surface area contributed by atoms with E-state index in [1.807, 2.05) is 12.1 Å². The smallest absolute Gasteiger partial charge is 0.335 e. The van der Waals surface area contributed by atoms with E-state index < -0.39 is 17.8 Å². The van der Waals surface area contributed by atoms with E-state index in [1.54, 1.807) is 60.7 Å². The number of urea groups is 1. The molecule has 1 aliphatic rings. The van der Waals surface area contributed by atoms with E-state index in [-0.39, 0.29) is 12.2 Å². The summed E-state index contributed by atoms with van der Waals surface area (Å²) in [6, 6.07) is 20.1. The molecule has 0 spiro atoms. The van der Waals surface area contributed by atoms with Gasteiger partial charge >= 0.3 is 6.03 Å². The van der Waals surface area contributed by atoms with Crippen molar-refractivity contribution >= 4 is 41.2 Å². The molecule has 0 saturated carbocycles. The first-order valence-electron chi connectivity index (χ1n) is 11.6. The van der Waals surface area contributed by atoms with Gasteiger partial charge in [-0.05, 0) is 60.5 Å². The molecular weight excluding hydrogens is 480 g/mol. The number of imide groups is 2. The second-order valence-corrected chi connectivity index (χ2v) is 8.54. The van der Waals surface area contributed by atoms with Gasteiger partial charge in [-0.1, -0.05) is 55.3 Å². The maximum absolute atomic E-state index is 13.3. The van der Waals surface area contributed by atoms with Crippen LogP contribution in [0.5, 0.6) is 11.5 Å². The molecule has 3 aromatic rings. The molecule has 0 atom stereocenters. The minimum Gasteiger partial charge on any atom is -0.494 e. The number of benzene rings is 3. The van der Waals surface area contributed by atoms with Crippen molar-refractivity contribution < 1.29 is 23.9 Å². The molecule has 1 saturated heterocycles. The predicted molar refractivity (Wildman–Crippen MR) is 138 cm³/mol. The van der Waals surface area contributed by atoms with Crippen molar-refractivity contribution in [1.29, 1.82) is 0 Å². The Balaban J connectivity index is 1.55. The van der Waals surface area contributed by atoms with Gasteiger partial charge < -0.3 is 9.47 Å². The van der Waals surface area contributed by atoms with Crippen molar-refractivity contribution in [2.45, 2.75) is 26.4 Å². The number of carbonyl (C=O) groups excluding carboxylic acids is 3. The Morgan fingerprint density at radius 2 is 1.64 bits per heavy atom. The van der Waals surface area contributed by atoms with Crippen molar-refractivity contribution in [3.8, 4) is 11.5 Å². The van der Waals surface area contributed by atoms with Crippen LogP contribution in [0.1, 0.15) is 30.9 Å². The molecule has 36 heavy (non-hydrogen) atoms. The molecule has 0 aliphatic carbocycles. The molecule has 0 unspecified atom stereocenters. The van der Waals surface area contributed by atoms with E-state index in [1.165, 1.54) is 6.08 Å². The van der Waals surface area contributed by atoms with Crippen LogP contribution in [0.2, 0.25) is 5.02 Å². The Kier molecular flexibility index (Phi) is 8.02. The summed E-state index contributed by atoms with van der Waals surface area (Å²) in [6.45, 7) is 2.93. The van der Waals surface area contributed by atoms with E-state index in [0.717, 1.165) is 23.3 Å².